The fraction of sp³-hybridized carbons (Fsp3) is 0.286. The molecule has 100 valence electrons. The van der Waals surface area contributed by atoms with Crippen LogP contribution in [0.4, 0.5) is 8.78 Å². The van der Waals surface area contributed by atoms with E-state index in [0.717, 1.165) is 5.69 Å². The second-order valence-electron chi connectivity index (χ2n) is 4.38. The van der Waals surface area contributed by atoms with Crippen LogP contribution in [-0.4, -0.2) is 9.97 Å². The minimum absolute atomic E-state index is 0.0400. The highest BCUT2D eigenvalue weighted by molar-refractivity contribution is 5.23. The lowest BCUT2D eigenvalue weighted by Crippen LogP contribution is -2.24. The summed E-state index contributed by atoms with van der Waals surface area (Å²) >= 11 is 0. The summed E-state index contributed by atoms with van der Waals surface area (Å²) in [5.74, 6) is -1.10. The Bertz CT molecular complexity index is 525. The summed E-state index contributed by atoms with van der Waals surface area (Å²) in [6.45, 7) is 3.59. The Hall–Kier alpha value is -1.88. The summed E-state index contributed by atoms with van der Waals surface area (Å²) in [5.41, 5.74) is 0.768. The van der Waals surface area contributed by atoms with Crippen molar-refractivity contribution in [2.24, 2.45) is 0 Å². The van der Waals surface area contributed by atoms with Gasteiger partial charge in [0.15, 0.2) is 0 Å². The predicted molar refractivity (Wildman–Crippen MR) is 68.4 cm³/mol. The molecule has 0 amide bonds. The molecule has 2 unspecified atom stereocenters. The minimum atomic E-state index is -0.550. The lowest BCUT2D eigenvalue weighted by molar-refractivity contribution is 0.444. The van der Waals surface area contributed by atoms with Crippen LogP contribution < -0.4 is 5.32 Å². The Balaban J connectivity index is 2.15. The average Bonchev–Trinajstić information content (AvgIpc) is 2.39. The monoisotopic (exact) mass is 263 g/mol. The summed E-state index contributed by atoms with van der Waals surface area (Å²) < 4.78 is 27.3. The molecular formula is C14H15F2N3. The number of rotatable bonds is 4. The molecule has 5 heteroatoms. The van der Waals surface area contributed by atoms with Crippen LogP contribution >= 0.6 is 0 Å². The first-order valence-electron chi connectivity index (χ1n) is 6.05. The molecule has 0 fully saturated rings. The Morgan fingerprint density at radius 3 is 2.32 bits per heavy atom. The SMILES string of the molecule is CC(NC(C)c1c(F)cccc1F)c1cnccn1. The minimum Gasteiger partial charge on any atom is -0.302 e. The van der Waals surface area contributed by atoms with Crippen molar-refractivity contribution < 1.29 is 8.78 Å². The molecule has 1 N–H and O–H groups in total. The van der Waals surface area contributed by atoms with E-state index in [9.17, 15) is 8.78 Å². The zero-order chi connectivity index (χ0) is 13.8. The van der Waals surface area contributed by atoms with Gasteiger partial charge in [-0.1, -0.05) is 6.07 Å². The third-order valence-corrected chi connectivity index (χ3v) is 2.96. The standard InChI is InChI=1S/C14H15F2N3/c1-9(13-8-17-6-7-18-13)19-10(2)14-11(15)4-3-5-12(14)16/h3-10,19H,1-2H3. The molecule has 2 rings (SSSR count). The zero-order valence-electron chi connectivity index (χ0n) is 10.8. The van der Waals surface area contributed by atoms with E-state index in [4.69, 9.17) is 0 Å². The second kappa shape index (κ2) is 5.84. The van der Waals surface area contributed by atoms with Gasteiger partial charge in [-0.25, -0.2) is 8.78 Å². The highest BCUT2D eigenvalue weighted by Gasteiger charge is 2.18. The van der Waals surface area contributed by atoms with Crippen molar-refractivity contribution in [2.45, 2.75) is 25.9 Å². The molecule has 19 heavy (non-hydrogen) atoms. The molecule has 1 heterocycles. The van der Waals surface area contributed by atoms with Crippen LogP contribution in [0, 0.1) is 11.6 Å². The maximum atomic E-state index is 13.6. The van der Waals surface area contributed by atoms with Gasteiger partial charge < -0.3 is 5.32 Å². The van der Waals surface area contributed by atoms with E-state index < -0.39 is 17.7 Å². The van der Waals surface area contributed by atoms with Gasteiger partial charge in [0.25, 0.3) is 0 Å². The molecule has 0 aliphatic rings. The summed E-state index contributed by atoms with van der Waals surface area (Å²) in [6, 6.07) is 3.25. The second-order valence-corrected chi connectivity index (χ2v) is 4.38. The molecule has 0 saturated carbocycles. The number of aromatic nitrogens is 2. The van der Waals surface area contributed by atoms with Crippen LogP contribution in [0.2, 0.25) is 0 Å². The van der Waals surface area contributed by atoms with E-state index in [1.165, 1.54) is 18.2 Å². The summed E-state index contributed by atoms with van der Waals surface area (Å²) in [5, 5.41) is 3.11. The van der Waals surface area contributed by atoms with E-state index >= 15 is 0 Å². The van der Waals surface area contributed by atoms with Gasteiger partial charge >= 0.3 is 0 Å². The summed E-state index contributed by atoms with van der Waals surface area (Å²) in [6.07, 6.45) is 4.79. The molecule has 0 spiro atoms. The molecule has 1 aromatic carbocycles. The smallest absolute Gasteiger partial charge is 0.130 e. The van der Waals surface area contributed by atoms with Gasteiger partial charge in [-0.2, -0.15) is 0 Å². The highest BCUT2D eigenvalue weighted by atomic mass is 19.1. The summed E-state index contributed by atoms with van der Waals surface area (Å²) in [7, 11) is 0. The van der Waals surface area contributed by atoms with Crippen LogP contribution in [0.3, 0.4) is 0 Å². The van der Waals surface area contributed by atoms with Gasteiger partial charge in [0, 0.05) is 36.2 Å². The average molecular weight is 263 g/mol. The highest BCUT2D eigenvalue weighted by Crippen LogP contribution is 2.22. The molecule has 2 atom stereocenters. The van der Waals surface area contributed by atoms with Crippen LogP contribution in [0.5, 0.6) is 0 Å². The third kappa shape index (κ3) is 3.12. The number of hydrogen-bond acceptors (Lipinski definition) is 3. The Morgan fingerprint density at radius 1 is 1.05 bits per heavy atom. The van der Waals surface area contributed by atoms with E-state index in [1.54, 1.807) is 25.5 Å². The number of halogens is 2. The Kier molecular flexibility index (Phi) is 4.16. The third-order valence-electron chi connectivity index (χ3n) is 2.96. The van der Waals surface area contributed by atoms with Gasteiger partial charge in [0.1, 0.15) is 11.6 Å². The van der Waals surface area contributed by atoms with Gasteiger partial charge in [-0.05, 0) is 26.0 Å². The molecule has 2 aromatic rings. The molecule has 0 bridgehead atoms. The predicted octanol–water partition coefficient (Wildman–Crippen LogP) is 3.17. The quantitative estimate of drug-likeness (QED) is 0.920. The van der Waals surface area contributed by atoms with Crippen molar-refractivity contribution in [3.8, 4) is 0 Å². The molecule has 3 nitrogen and oxygen atoms in total. The van der Waals surface area contributed by atoms with E-state index in [0.29, 0.717) is 0 Å². The van der Waals surface area contributed by atoms with Gasteiger partial charge in [0.05, 0.1) is 5.69 Å². The van der Waals surface area contributed by atoms with Crippen molar-refractivity contribution in [1.82, 2.24) is 15.3 Å². The number of hydrogen-bond donors (Lipinski definition) is 1. The van der Waals surface area contributed by atoms with Crippen molar-refractivity contribution in [3.05, 3.63) is 59.7 Å². The van der Waals surface area contributed by atoms with Crippen molar-refractivity contribution in [3.63, 3.8) is 0 Å². The molecule has 0 aliphatic heterocycles. The molecule has 0 saturated heterocycles. The van der Waals surface area contributed by atoms with Crippen molar-refractivity contribution >= 4 is 0 Å². The molecule has 0 radical (unpaired) electrons. The van der Waals surface area contributed by atoms with Crippen LogP contribution in [0.25, 0.3) is 0 Å². The largest absolute Gasteiger partial charge is 0.302 e. The lowest BCUT2D eigenvalue weighted by atomic mass is 10.1. The Morgan fingerprint density at radius 2 is 1.74 bits per heavy atom. The first-order chi connectivity index (χ1) is 9.09. The van der Waals surface area contributed by atoms with Crippen molar-refractivity contribution in [1.29, 1.82) is 0 Å². The van der Waals surface area contributed by atoms with Crippen LogP contribution in [0.15, 0.2) is 36.8 Å². The zero-order valence-corrected chi connectivity index (χ0v) is 10.8. The molecule has 1 aromatic heterocycles. The molecular weight excluding hydrogens is 248 g/mol. The fourth-order valence-electron chi connectivity index (χ4n) is 2.00. The van der Waals surface area contributed by atoms with Crippen LogP contribution in [-0.2, 0) is 0 Å². The fourth-order valence-corrected chi connectivity index (χ4v) is 2.00. The molecule has 0 aliphatic carbocycles. The number of benzene rings is 1. The maximum absolute atomic E-state index is 13.6. The first kappa shape index (κ1) is 13.5. The normalized spacial score (nSPS) is 14.1. The van der Waals surface area contributed by atoms with Crippen molar-refractivity contribution in [2.75, 3.05) is 0 Å². The number of nitrogens with one attached hydrogen (secondary N) is 1. The van der Waals surface area contributed by atoms with Gasteiger partial charge in [0.2, 0.25) is 0 Å². The van der Waals surface area contributed by atoms with E-state index in [2.05, 4.69) is 15.3 Å². The van der Waals surface area contributed by atoms with E-state index in [1.807, 2.05) is 6.92 Å². The van der Waals surface area contributed by atoms with E-state index in [-0.39, 0.29) is 11.6 Å². The van der Waals surface area contributed by atoms with Gasteiger partial charge in [-0.3, -0.25) is 9.97 Å². The van der Waals surface area contributed by atoms with Crippen LogP contribution in [0.1, 0.15) is 37.2 Å². The first-order valence-corrected chi connectivity index (χ1v) is 6.05. The Labute approximate surface area is 110 Å². The lowest BCUT2D eigenvalue weighted by Gasteiger charge is -2.20. The maximum Gasteiger partial charge on any atom is 0.130 e. The summed E-state index contributed by atoms with van der Waals surface area (Å²) in [4.78, 5) is 8.13. The number of nitrogens with zero attached hydrogens (tertiary/aromatic N) is 2. The van der Waals surface area contributed by atoms with Gasteiger partial charge in [-0.15, -0.1) is 0 Å². The topological polar surface area (TPSA) is 37.8 Å².